The molecule has 1 heterocycles. The monoisotopic (exact) mass is 284 g/mol. The highest BCUT2D eigenvalue weighted by Crippen LogP contribution is 2.27. The van der Waals surface area contributed by atoms with Crippen molar-refractivity contribution in [3.05, 3.63) is 4.88 Å². The molecule has 19 heavy (non-hydrogen) atoms. The summed E-state index contributed by atoms with van der Waals surface area (Å²) in [6, 6.07) is 0. The minimum Gasteiger partial charge on any atom is -0.382 e. The number of carbonyl (C=O) groups excluding carboxylic acids is 1. The van der Waals surface area contributed by atoms with Crippen molar-refractivity contribution in [2.75, 3.05) is 17.6 Å². The third-order valence-corrected chi connectivity index (χ3v) is 3.33. The fourth-order valence-corrected chi connectivity index (χ4v) is 2.43. The number of aromatic nitrogens is 1. The smallest absolute Gasteiger partial charge is 0.265 e. The summed E-state index contributed by atoms with van der Waals surface area (Å²) >= 11 is 1.29. The van der Waals surface area contributed by atoms with Gasteiger partial charge in [-0.15, -0.1) is 0 Å². The van der Waals surface area contributed by atoms with Gasteiger partial charge in [-0.1, -0.05) is 25.2 Å². The van der Waals surface area contributed by atoms with Gasteiger partial charge in [0.2, 0.25) is 0 Å². The van der Waals surface area contributed by atoms with Crippen LogP contribution in [0.1, 0.15) is 50.7 Å². The number of amides is 1. The van der Waals surface area contributed by atoms with Crippen LogP contribution in [-0.4, -0.2) is 23.0 Å². The fraction of sp³-hybridized carbons (Fsp3) is 0.692. The van der Waals surface area contributed by atoms with Crippen LogP contribution in [-0.2, 0) is 0 Å². The lowest BCUT2D eigenvalue weighted by molar-refractivity contribution is 0.0956. The van der Waals surface area contributed by atoms with E-state index in [1.54, 1.807) is 0 Å². The summed E-state index contributed by atoms with van der Waals surface area (Å²) in [5.41, 5.74) is 5.69. The van der Waals surface area contributed by atoms with Crippen LogP contribution in [0, 0.1) is 5.92 Å². The van der Waals surface area contributed by atoms with Crippen LogP contribution in [0.5, 0.6) is 0 Å². The summed E-state index contributed by atoms with van der Waals surface area (Å²) < 4.78 is 0. The van der Waals surface area contributed by atoms with Crippen molar-refractivity contribution in [3.63, 3.8) is 0 Å². The maximum absolute atomic E-state index is 12.0. The molecule has 6 heteroatoms. The second-order valence-corrected chi connectivity index (χ2v) is 7.05. The molecule has 0 bridgehead atoms. The molecule has 1 rings (SSSR count). The van der Waals surface area contributed by atoms with E-state index in [-0.39, 0.29) is 11.4 Å². The Bertz CT molecular complexity index is 434. The Morgan fingerprint density at radius 2 is 2.05 bits per heavy atom. The lowest BCUT2D eigenvalue weighted by Crippen LogP contribution is -2.26. The van der Waals surface area contributed by atoms with Gasteiger partial charge in [-0.3, -0.25) is 4.79 Å². The molecule has 0 aliphatic rings. The first-order valence-electron chi connectivity index (χ1n) is 6.51. The van der Waals surface area contributed by atoms with Crippen LogP contribution >= 0.6 is 11.3 Å². The van der Waals surface area contributed by atoms with Gasteiger partial charge in [-0.2, -0.15) is 0 Å². The minimum absolute atomic E-state index is 0.102. The van der Waals surface area contributed by atoms with E-state index in [0.29, 0.717) is 28.3 Å². The maximum Gasteiger partial charge on any atom is 0.265 e. The Morgan fingerprint density at radius 1 is 1.42 bits per heavy atom. The predicted octanol–water partition coefficient (Wildman–Crippen LogP) is 2.71. The number of nitrogens with zero attached hydrogens (tertiary/aromatic N) is 1. The molecule has 0 aliphatic carbocycles. The first-order valence-corrected chi connectivity index (χ1v) is 7.33. The normalized spacial score (nSPS) is 11.7. The van der Waals surface area contributed by atoms with Crippen LogP contribution in [0.4, 0.5) is 10.9 Å². The first-order chi connectivity index (χ1) is 8.69. The summed E-state index contributed by atoms with van der Waals surface area (Å²) in [4.78, 5) is 16.6. The average molecular weight is 284 g/mol. The second kappa shape index (κ2) is 6.23. The predicted molar refractivity (Wildman–Crippen MR) is 81.7 cm³/mol. The summed E-state index contributed by atoms with van der Waals surface area (Å²) in [6.45, 7) is 11.0. The number of nitrogens with one attached hydrogen (secondary N) is 2. The van der Waals surface area contributed by atoms with Gasteiger partial charge >= 0.3 is 0 Å². The summed E-state index contributed by atoms with van der Waals surface area (Å²) in [5.74, 6) is 0.716. The number of nitrogen functional groups attached to an aromatic ring is 1. The molecule has 1 amide bonds. The van der Waals surface area contributed by atoms with E-state index in [1.807, 2.05) is 20.8 Å². The van der Waals surface area contributed by atoms with Gasteiger partial charge in [0.25, 0.3) is 5.91 Å². The molecule has 1 aromatic rings. The molecule has 0 atom stereocenters. The van der Waals surface area contributed by atoms with Crippen molar-refractivity contribution in [2.24, 2.45) is 5.92 Å². The van der Waals surface area contributed by atoms with E-state index < -0.39 is 0 Å². The maximum atomic E-state index is 12.0. The van der Waals surface area contributed by atoms with E-state index in [0.717, 1.165) is 6.42 Å². The molecule has 1 aromatic heterocycles. The first kappa shape index (κ1) is 15.8. The number of nitrogens with two attached hydrogens (primary N) is 1. The van der Waals surface area contributed by atoms with Gasteiger partial charge in [-0.25, -0.2) is 4.98 Å². The van der Waals surface area contributed by atoms with Gasteiger partial charge < -0.3 is 16.4 Å². The van der Waals surface area contributed by atoms with Gasteiger partial charge in [0, 0.05) is 12.1 Å². The SMILES string of the molecule is CC(C)CCNC(=O)c1sc(NC(C)(C)C)nc1N. The zero-order valence-electron chi connectivity index (χ0n) is 12.3. The Morgan fingerprint density at radius 3 is 2.58 bits per heavy atom. The van der Waals surface area contributed by atoms with Crippen molar-refractivity contribution in [1.29, 1.82) is 0 Å². The number of thiazole rings is 1. The zero-order valence-corrected chi connectivity index (χ0v) is 13.1. The van der Waals surface area contributed by atoms with Crippen molar-refractivity contribution in [1.82, 2.24) is 10.3 Å². The second-order valence-electron chi connectivity index (χ2n) is 6.05. The molecule has 0 aromatic carbocycles. The molecular formula is C13H24N4OS. The molecule has 0 saturated heterocycles. The molecule has 0 saturated carbocycles. The number of rotatable bonds is 5. The Balaban J connectivity index is 2.65. The third kappa shape index (κ3) is 5.46. The van der Waals surface area contributed by atoms with Crippen molar-refractivity contribution in [3.8, 4) is 0 Å². The molecule has 108 valence electrons. The molecule has 0 radical (unpaired) electrons. The minimum atomic E-state index is -0.141. The van der Waals surface area contributed by atoms with Gasteiger partial charge in [-0.05, 0) is 33.1 Å². The lowest BCUT2D eigenvalue weighted by atomic mass is 10.1. The number of anilines is 2. The Kier molecular flexibility index (Phi) is 5.17. The molecule has 5 nitrogen and oxygen atoms in total. The van der Waals surface area contributed by atoms with Crippen LogP contribution in [0.2, 0.25) is 0 Å². The van der Waals surface area contributed by atoms with Gasteiger partial charge in [0.05, 0.1) is 0 Å². The van der Waals surface area contributed by atoms with E-state index in [4.69, 9.17) is 5.73 Å². The Labute approximate surface area is 119 Å². The van der Waals surface area contributed by atoms with E-state index in [2.05, 4.69) is 29.5 Å². The third-order valence-electron chi connectivity index (χ3n) is 2.35. The summed E-state index contributed by atoms with van der Waals surface area (Å²) in [6.07, 6.45) is 0.956. The van der Waals surface area contributed by atoms with Crippen molar-refractivity contribution >= 4 is 28.2 Å². The zero-order chi connectivity index (χ0) is 14.6. The van der Waals surface area contributed by atoms with Crippen LogP contribution in [0.15, 0.2) is 0 Å². The summed E-state index contributed by atoms with van der Waals surface area (Å²) in [7, 11) is 0. The lowest BCUT2D eigenvalue weighted by Gasteiger charge is -2.19. The standard InChI is InChI=1S/C13H24N4OS/c1-8(2)6-7-15-11(18)9-10(14)16-12(19-9)17-13(3,4)5/h8H,6-7,14H2,1-5H3,(H,15,18)(H,16,17). The Hall–Kier alpha value is -1.30. The van der Waals surface area contributed by atoms with Gasteiger partial charge in [0.1, 0.15) is 10.7 Å². The van der Waals surface area contributed by atoms with E-state index >= 15 is 0 Å². The van der Waals surface area contributed by atoms with Gasteiger partial charge in [0.15, 0.2) is 5.13 Å². The number of hydrogen-bond donors (Lipinski definition) is 3. The quantitative estimate of drug-likeness (QED) is 0.776. The molecular weight excluding hydrogens is 260 g/mol. The van der Waals surface area contributed by atoms with Crippen LogP contribution < -0.4 is 16.4 Å². The number of hydrogen-bond acceptors (Lipinski definition) is 5. The van der Waals surface area contributed by atoms with Crippen LogP contribution in [0.25, 0.3) is 0 Å². The molecule has 0 aliphatic heterocycles. The fourth-order valence-electron chi connectivity index (χ4n) is 1.42. The molecule has 0 spiro atoms. The molecule has 4 N–H and O–H groups in total. The van der Waals surface area contributed by atoms with E-state index in [1.165, 1.54) is 11.3 Å². The van der Waals surface area contributed by atoms with Crippen molar-refractivity contribution < 1.29 is 4.79 Å². The van der Waals surface area contributed by atoms with Crippen LogP contribution in [0.3, 0.4) is 0 Å². The molecule has 0 unspecified atom stereocenters. The van der Waals surface area contributed by atoms with Crippen molar-refractivity contribution in [2.45, 2.75) is 46.6 Å². The largest absolute Gasteiger partial charge is 0.382 e. The highest BCUT2D eigenvalue weighted by molar-refractivity contribution is 7.18. The molecule has 0 fully saturated rings. The van der Waals surface area contributed by atoms with E-state index in [9.17, 15) is 4.79 Å². The topological polar surface area (TPSA) is 80.0 Å². The highest BCUT2D eigenvalue weighted by atomic mass is 32.1. The summed E-state index contributed by atoms with van der Waals surface area (Å²) in [5, 5.41) is 6.77. The average Bonchev–Trinajstić information content (AvgIpc) is 2.55. The number of carbonyl (C=O) groups is 1. The highest BCUT2D eigenvalue weighted by Gasteiger charge is 2.18.